The van der Waals surface area contributed by atoms with E-state index in [9.17, 15) is 9.59 Å². The topological polar surface area (TPSA) is 112 Å². The second-order valence-corrected chi connectivity index (χ2v) is 7.74. The number of nitrogens with zero attached hydrogens (tertiary/aromatic N) is 2. The molecule has 1 aromatic carbocycles. The predicted octanol–water partition coefficient (Wildman–Crippen LogP) is 4.47. The Morgan fingerprint density at radius 1 is 1.03 bits per heavy atom. The molecule has 34 heavy (non-hydrogen) atoms. The van der Waals surface area contributed by atoms with Crippen LogP contribution in [0.1, 0.15) is 50.6 Å². The molecule has 3 heterocycles. The molecule has 0 saturated heterocycles. The van der Waals surface area contributed by atoms with Crippen molar-refractivity contribution in [3.8, 4) is 5.75 Å². The zero-order chi connectivity index (χ0) is 24.1. The van der Waals surface area contributed by atoms with Gasteiger partial charge in [-0.1, -0.05) is 18.2 Å². The molecule has 2 N–H and O–H groups in total. The van der Waals surface area contributed by atoms with E-state index < -0.39 is 11.8 Å². The van der Waals surface area contributed by atoms with Crippen molar-refractivity contribution < 1.29 is 23.2 Å². The lowest BCUT2D eigenvalue weighted by Crippen LogP contribution is -2.25. The molecule has 0 radical (unpaired) electrons. The Balaban J connectivity index is 1.42. The fourth-order valence-electron chi connectivity index (χ4n) is 3.44. The molecule has 0 saturated carbocycles. The number of para-hydroxylation sites is 1. The maximum atomic E-state index is 12.8. The summed E-state index contributed by atoms with van der Waals surface area (Å²) in [5.41, 5.74) is 2.44. The van der Waals surface area contributed by atoms with Gasteiger partial charge >= 0.3 is 0 Å². The summed E-state index contributed by atoms with van der Waals surface area (Å²) in [5.74, 6) is 1.09. The molecule has 0 aliphatic carbocycles. The van der Waals surface area contributed by atoms with E-state index in [1.807, 2.05) is 39.0 Å². The van der Waals surface area contributed by atoms with Crippen LogP contribution < -0.4 is 15.4 Å². The third kappa shape index (κ3) is 5.20. The van der Waals surface area contributed by atoms with Crippen LogP contribution in [0.3, 0.4) is 0 Å². The van der Waals surface area contributed by atoms with Crippen molar-refractivity contribution in [2.24, 2.45) is 0 Å². The van der Waals surface area contributed by atoms with Gasteiger partial charge < -0.3 is 24.2 Å². The Labute approximate surface area is 196 Å². The Bertz CT molecular complexity index is 1270. The lowest BCUT2D eigenvalue weighted by molar-refractivity contribution is 0.0943. The molecule has 4 rings (SSSR count). The SMILES string of the molecule is CCn1cc(NC(=O)c2ccc(COc3c(C)cccc3C)o2)c(C(=O)NCc2ccco2)n1. The summed E-state index contributed by atoms with van der Waals surface area (Å²) in [5, 5.41) is 9.73. The fourth-order valence-corrected chi connectivity index (χ4v) is 3.44. The van der Waals surface area contributed by atoms with Gasteiger partial charge in [-0.15, -0.1) is 0 Å². The van der Waals surface area contributed by atoms with Crippen molar-refractivity contribution >= 4 is 17.5 Å². The largest absolute Gasteiger partial charge is 0.485 e. The van der Waals surface area contributed by atoms with Crippen LogP contribution in [0.5, 0.6) is 5.75 Å². The van der Waals surface area contributed by atoms with E-state index in [4.69, 9.17) is 13.6 Å². The van der Waals surface area contributed by atoms with Gasteiger partial charge in [0.25, 0.3) is 11.8 Å². The molecule has 9 nitrogen and oxygen atoms in total. The van der Waals surface area contributed by atoms with Gasteiger partial charge in [-0.05, 0) is 56.2 Å². The van der Waals surface area contributed by atoms with E-state index >= 15 is 0 Å². The van der Waals surface area contributed by atoms with Crippen molar-refractivity contribution in [2.75, 3.05) is 5.32 Å². The highest BCUT2D eigenvalue weighted by atomic mass is 16.5. The van der Waals surface area contributed by atoms with Gasteiger partial charge in [0.1, 0.15) is 23.9 Å². The molecule has 9 heteroatoms. The first-order chi connectivity index (χ1) is 16.4. The lowest BCUT2D eigenvalue weighted by atomic mass is 10.1. The number of nitrogens with one attached hydrogen (secondary N) is 2. The zero-order valence-corrected chi connectivity index (χ0v) is 19.3. The number of furan rings is 2. The first-order valence-electron chi connectivity index (χ1n) is 10.9. The lowest BCUT2D eigenvalue weighted by Gasteiger charge is -2.10. The van der Waals surface area contributed by atoms with Gasteiger partial charge in [0.05, 0.1) is 18.5 Å². The van der Waals surface area contributed by atoms with Crippen LogP contribution in [0.15, 0.2) is 63.8 Å². The Hall–Kier alpha value is -4.27. The van der Waals surface area contributed by atoms with Crippen molar-refractivity contribution in [2.45, 2.75) is 40.5 Å². The number of anilines is 1. The standard InChI is InChI=1S/C25H26N4O5/c1-4-29-14-20(22(28-29)25(31)26-13-18-9-6-12-32-18)27-24(30)21-11-10-19(34-21)15-33-23-16(2)7-5-8-17(23)3/h5-12,14H,4,13,15H2,1-3H3,(H,26,31)(H,27,30). The molecule has 0 spiro atoms. The molecule has 3 aromatic heterocycles. The third-order valence-electron chi connectivity index (χ3n) is 5.21. The summed E-state index contributed by atoms with van der Waals surface area (Å²) in [7, 11) is 0. The van der Waals surface area contributed by atoms with E-state index in [1.54, 1.807) is 35.1 Å². The summed E-state index contributed by atoms with van der Waals surface area (Å²) in [6.07, 6.45) is 3.14. The maximum absolute atomic E-state index is 12.8. The molecular formula is C25H26N4O5. The highest BCUT2D eigenvalue weighted by Gasteiger charge is 2.21. The number of rotatable bonds is 9. The van der Waals surface area contributed by atoms with E-state index in [0.717, 1.165) is 16.9 Å². The van der Waals surface area contributed by atoms with E-state index in [1.165, 1.54) is 6.26 Å². The minimum atomic E-state index is -0.492. The minimum Gasteiger partial charge on any atom is -0.485 e. The molecule has 0 fully saturated rings. The Morgan fingerprint density at radius 2 is 1.82 bits per heavy atom. The Morgan fingerprint density at radius 3 is 2.53 bits per heavy atom. The number of aryl methyl sites for hydroxylation is 3. The van der Waals surface area contributed by atoms with Crippen molar-refractivity contribution in [3.05, 3.63) is 89.0 Å². The van der Waals surface area contributed by atoms with Crippen LogP contribution in [0.25, 0.3) is 0 Å². The highest BCUT2D eigenvalue weighted by molar-refractivity contribution is 6.07. The summed E-state index contributed by atoms with van der Waals surface area (Å²) in [6.45, 7) is 6.77. The molecule has 0 aliphatic rings. The van der Waals surface area contributed by atoms with Crippen LogP contribution in [0.4, 0.5) is 5.69 Å². The van der Waals surface area contributed by atoms with Gasteiger partial charge in [0, 0.05) is 12.7 Å². The highest BCUT2D eigenvalue weighted by Crippen LogP contribution is 2.24. The first-order valence-corrected chi connectivity index (χ1v) is 10.9. The second kappa shape index (κ2) is 10.1. The quantitative estimate of drug-likeness (QED) is 0.380. The summed E-state index contributed by atoms with van der Waals surface area (Å²) >= 11 is 0. The second-order valence-electron chi connectivity index (χ2n) is 7.74. The van der Waals surface area contributed by atoms with Crippen LogP contribution in [-0.4, -0.2) is 21.6 Å². The molecule has 2 amide bonds. The van der Waals surface area contributed by atoms with Gasteiger partial charge in [0.15, 0.2) is 11.5 Å². The molecule has 0 aliphatic heterocycles. The molecule has 176 valence electrons. The summed E-state index contributed by atoms with van der Waals surface area (Å²) < 4.78 is 18.4. The number of aromatic nitrogens is 2. The van der Waals surface area contributed by atoms with Crippen LogP contribution in [0.2, 0.25) is 0 Å². The predicted molar refractivity (Wildman–Crippen MR) is 125 cm³/mol. The molecular weight excluding hydrogens is 436 g/mol. The van der Waals surface area contributed by atoms with Crippen LogP contribution in [0, 0.1) is 13.8 Å². The van der Waals surface area contributed by atoms with Gasteiger partial charge in [0.2, 0.25) is 0 Å². The van der Waals surface area contributed by atoms with Gasteiger partial charge in [-0.2, -0.15) is 5.10 Å². The Kier molecular flexibility index (Phi) is 6.82. The average molecular weight is 463 g/mol. The average Bonchev–Trinajstić information content (AvgIpc) is 3.58. The van der Waals surface area contributed by atoms with Gasteiger partial charge in [-0.3, -0.25) is 14.3 Å². The number of benzene rings is 1. The van der Waals surface area contributed by atoms with Crippen LogP contribution in [-0.2, 0) is 19.7 Å². The number of hydrogen-bond acceptors (Lipinski definition) is 6. The first kappa shape index (κ1) is 22.9. The van der Waals surface area contributed by atoms with E-state index in [0.29, 0.717) is 18.1 Å². The smallest absolute Gasteiger partial charge is 0.291 e. The van der Waals surface area contributed by atoms with E-state index in [-0.39, 0.29) is 30.3 Å². The minimum absolute atomic E-state index is 0.103. The maximum Gasteiger partial charge on any atom is 0.291 e. The molecule has 4 aromatic rings. The van der Waals surface area contributed by atoms with Crippen molar-refractivity contribution in [1.29, 1.82) is 0 Å². The summed E-state index contributed by atoms with van der Waals surface area (Å²) in [6, 6.07) is 12.7. The third-order valence-corrected chi connectivity index (χ3v) is 5.21. The number of carbonyl (C=O) groups is 2. The monoisotopic (exact) mass is 462 g/mol. The van der Waals surface area contributed by atoms with Crippen molar-refractivity contribution in [1.82, 2.24) is 15.1 Å². The fraction of sp³-hybridized carbons (Fsp3) is 0.240. The molecule has 0 unspecified atom stereocenters. The normalized spacial score (nSPS) is 10.8. The van der Waals surface area contributed by atoms with Crippen molar-refractivity contribution in [3.63, 3.8) is 0 Å². The van der Waals surface area contributed by atoms with Gasteiger partial charge in [-0.25, -0.2) is 0 Å². The zero-order valence-electron chi connectivity index (χ0n) is 19.3. The number of hydrogen-bond donors (Lipinski definition) is 2. The molecule has 0 bridgehead atoms. The number of ether oxygens (including phenoxy) is 1. The summed E-state index contributed by atoms with van der Waals surface area (Å²) in [4.78, 5) is 25.5. The number of amides is 2. The van der Waals surface area contributed by atoms with Crippen LogP contribution >= 0.6 is 0 Å². The molecule has 0 atom stereocenters. The number of carbonyl (C=O) groups excluding carboxylic acids is 2. The van der Waals surface area contributed by atoms with E-state index in [2.05, 4.69) is 15.7 Å².